The van der Waals surface area contributed by atoms with Crippen LogP contribution in [0, 0.1) is 0 Å². The Morgan fingerprint density at radius 2 is 1.13 bits per heavy atom. The summed E-state index contributed by atoms with van der Waals surface area (Å²) in [6, 6.07) is 27.9. The maximum atomic E-state index is 12.8. The quantitative estimate of drug-likeness (QED) is 0.695. The molecule has 1 amide bonds. The zero-order valence-electron chi connectivity index (χ0n) is 12.6. The van der Waals surface area contributed by atoms with Crippen molar-refractivity contribution in [1.82, 2.24) is 0 Å². The predicted molar refractivity (Wildman–Crippen MR) is 93.5 cm³/mol. The summed E-state index contributed by atoms with van der Waals surface area (Å²) in [6.07, 6.45) is 0. The van der Waals surface area contributed by atoms with Gasteiger partial charge in [-0.1, -0.05) is 48.5 Å². The van der Waals surface area contributed by atoms with E-state index in [4.69, 9.17) is 0 Å². The number of hydrogen-bond acceptors (Lipinski definition) is 2. The minimum atomic E-state index is 0.0683. The number of anilines is 4. The molecule has 1 heterocycles. The maximum absolute atomic E-state index is 12.8. The molecule has 0 atom stereocenters. The van der Waals surface area contributed by atoms with Crippen molar-refractivity contribution in [3.63, 3.8) is 0 Å². The first-order valence-corrected chi connectivity index (χ1v) is 7.64. The Labute approximate surface area is 135 Å². The standard InChI is InChI=1S/C20H16N2O/c23-20-15-21(16-9-3-1-4-10-16)18-13-7-8-14-19(18)22(20)17-11-5-2-6-12-17/h1-14H,15H2. The average molecular weight is 300 g/mol. The van der Waals surface area contributed by atoms with Crippen LogP contribution in [0.25, 0.3) is 0 Å². The third kappa shape index (κ3) is 2.36. The zero-order valence-corrected chi connectivity index (χ0v) is 12.6. The Morgan fingerprint density at radius 3 is 1.78 bits per heavy atom. The third-order valence-electron chi connectivity index (χ3n) is 4.04. The average Bonchev–Trinajstić information content (AvgIpc) is 2.62. The van der Waals surface area contributed by atoms with Gasteiger partial charge in [-0.05, 0) is 36.4 Å². The van der Waals surface area contributed by atoms with Gasteiger partial charge >= 0.3 is 0 Å². The minimum absolute atomic E-state index is 0.0683. The predicted octanol–water partition coefficient (Wildman–Crippen LogP) is 4.50. The van der Waals surface area contributed by atoms with Crippen LogP contribution in [0.1, 0.15) is 0 Å². The normalized spacial score (nSPS) is 13.8. The van der Waals surface area contributed by atoms with Gasteiger partial charge in [-0.2, -0.15) is 0 Å². The van der Waals surface area contributed by atoms with E-state index < -0.39 is 0 Å². The number of para-hydroxylation sites is 4. The van der Waals surface area contributed by atoms with Gasteiger partial charge in [0.2, 0.25) is 0 Å². The van der Waals surface area contributed by atoms with Crippen molar-refractivity contribution < 1.29 is 4.79 Å². The van der Waals surface area contributed by atoms with Gasteiger partial charge < -0.3 is 4.90 Å². The summed E-state index contributed by atoms with van der Waals surface area (Å²) in [5.41, 5.74) is 3.89. The van der Waals surface area contributed by atoms with E-state index in [1.165, 1.54) is 0 Å². The van der Waals surface area contributed by atoms with Crippen molar-refractivity contribution in [1.29, 1.82) is 0 Å². The van der Waals surface area contributed by atoms with Gasteiger partial charge in [0.15, 0.2) is 0 Å². The van der Waals surface area contributed by atoms with Gasteiger partial charge in [0, 0.05) is 11.4 Å². The second-order valence-electron chi connectivity index (χ2n) is 5.48. The van der Waals surface area contributed by atoms with Crippen LogP contribution in [0.5, 0.6) is 0 Å². The molecule has 0 fully saturated rings. The van der Waals surface area contributed by atoms with E-state index in [1.807, 2.05) is 78.9 Å². The van der Waals surface area contributed by atoms with Crippen LogP contribution in [0.4, 0.5) is 22.7 Å². The number of fused-ring (bicyclic) bond motifs is 1. The summed E-state index contributed by atoms with van der Waals surface area (Å²) < 4.78 is 0. The molecule has 112 valence electrons. The molecule has 0 saturated carbocycles. The maximum Gasteiger partial charge on any atom is 0.251 e. The van der Waals surface area contributed by atoms with Crippen molar-refractivity contribution in [3.05, 3.63) is 84.9 Å². The molecule has 1 aliphatic rings. The molecule has 0 radical (unpaired) electrons. The van der Waals surface area contributed by atoms with E-state index in [0.717, 1.165) is 22.7 Å². The smallest absolute Gasteiger partial charge is 0.251 e. The van der Waals surface area contributed by atoms with Crippen LogP contribution in [0.3, 0.4) is 0 Å². The molecule has 3 aromatic carbocycles. The monoisotopic (exact) mass is 300 g/mol. The van der Waals surface area contributed by atoms with Gasteiger partial charge in [-0.15, -0.1) is 0 Å². The number of rotatable bonds is 2. The molecule has 3 heteroatoms. The highest BCUT2D eigenvalue weighted by Gasteiger charge is 2.30. The van der Waals surface area contributed by atoms with Crippen LogP contribution in [-0.4, -0.2) is 12.5 Å². The number of carbonyl (C=O) groups excluding carboxylic acids is 1. The third-order valence-corrected chi connectivity index (χ3v) is 4.04. The van der Waals surface area contributed by atoms with E-state index >= 15 is 0 Å². The lowest BCUT2D eigenvalue weighted by atomic mass is 10.1. The summed E-state index contributed by atoms with van der Waals surface area (Å²) in [4.78, 5) is 16.7. The Balaban J connectivity index is 1.85. The molecule has 4 rings (SSSR count). The minimum Gasteiger partial charge on any atom is -0.330 e. The van der Waals surface area contributed by atoms with Gasteiger partial charge in [0.1, 0.15) is 6.54 Å². The first-order valence-electron chi connectivity index (χ1n) is 7.64. The Kier molecular flexibility index (Phi) is 3.31. The molecular weight excluding hydrogens is 284 g/mol. The zero-order chi connectivity index (χ0) is 15.6. The SMILES string of the molecule is O=C1CN(c2ccccc2)c2ccccc2N1c1ccccc1. The highest BCUT2D eigenvalue weighted by molar-refractivity contribution is 6.09. The Hall–Kier alpha value is -3.07. The number of carbonyl (C=O) groups is 1. The molecule has 3 nitrogen and oxygen atoms in total. The van der Waals surface area contributed by atoms with E-state index in [-0.39, 0.29) is 5.91 Å². The molecule has 3 aromatic rings. The first-order chi connectivity index (χ1) is 11.3. The molecule has 0 bridgehead atoms. The number of amides is 1. The molecule has 0 N–H and O–H groups in total. The Bertz CT molecular complexity index is 831. The number of benzene rings is 3. The fourth-order valence-electron chi connectivity index (χ4n) is 3.01. The molecule has 1 aliphatic heterocycles. The molecular formula is C20H16N2O. The van der Waals surface area contributed by atoms with Crippen molar-refractivity contribution in [3.8, 4) is 0 Å². The van der Waals surface area contributed by atoms with Gasteiger partial charge in [-0.3, -0.25) is 9.69 Å². The van der Waals surface area contributed by atoms with Crippen molar-refractivity contribution in [2.24, 2.45) is 0 Å². The molecule has 0 saturated heterocycles. The topological polar surface area (TPSA) is 23.6 Å². The molecule has 0 aromatic heterocycles. The summed E-state index contributed by atoms with van der Waals surface area (Å²) in [6.45, 7) is 0.329. The van der Waals surface area contributed by atoms with Crippen LogP contribution in [-0.2, 0) is 4.79 Å². The lowest BCUT2D eigenvalue weighted by Gasteiger charge is -2.37. The van der Waals surface area contributed by atoms with Crippen LogP contribution < -0.4 is 9.80 Å². The number of nitrogens with zero attached hydrogens (tertiary/aromatic N) is 2. The van der Waals surface area contributed by atoms with Crippen molar-refractivity contribution >= 4 is 28.7 Å². The van der Waals surface area contributed by atoms with E-state index in [2.05, 4.69) is 11.0 Å². The lowest BCUT2D eigenvalue weighted by Crippen LogP contribution is -2.41. The summed E-state index contributed by atoms with van der Waals surface area (Å²) >= 11 is 0. The number of hydrogen-bond donors (Lipinski definition) is 0. The van der Waals surface area contributed by atoms with Crippen LogP contribution in [0.15, 0.2) is 84.9 Å². The lowest BCUT2D eigenvalue weighted by molar-refractivity contribution is -0.116. The fourth-order valence-corrected chi connectivity index (χ4v) is 3.01. The Morgan fingerprint density at radius 1 is 0.609 bits per heavy atom. The largest absolute Gasteiger partial charge is 0.330 e. The van der Waals surface area contributed by atoms with Gasteiger partial charge in [0.25, 0.3) is 5.91 Å². The summed E-state index contributed by atoms with van der Waals surface area (Å²) in [5, 5.41) is 0. The second-order valence-corrected chi connectivity index (χ2v) is 5.48. The summed E-state index contributed by atoms with van der Waals surface area (Å²) in [7, 11) is 0. The highest BCUT2D eigenvalue weighted by Crippen LogP contribution is 2.41. The van der Waals surface area contributed by atoms with Crippen molar-refractivity contribution in [2.75, 3.05) is 16.3 Å². The fraction of sp³-hybridized carbons (Fsp3) is 0.0500. The second kappa shape index (κ2) is 5.61. The van der Waals surface area contributed by atoms with Gasteiger partial charge in [0.05, 0.1) is 11.4 Å². The van der Waals surface area contributed by atoms with E-state index in [0.29, 0.717) is 6.54 Å². The van der Waals surface area contributed by atoms with Crippen molar-refractivity contribution in [2.45, 2.75) is 0 Å². The van der Waals surface area contributed by atoms with Crippen LogP contribution in [0.2, 0.25) is 0 Å². The van der Waals surface area contributed by atoms with E-state index in [9.17, 15) is 4.79 Å². The molecule has 0 unspecified atom stereocenters. The first kappa shape index (κ1) is 13.6. The molecule has 23 heavy (non-hydrogen) atoms. The summed E-state index contributed by atoms with van der Waals surface area (Å²) in [5.74, 6) is 0.0683. The van der Waals surface area contributed by atoms with Gasteiger partial charge in [-0.25, -0.2) is 0 Å². The van der Waals surface area contributed by atoms with Crippen LogP contribution >= 0.6 is 0 Å². The molecule has 0 spiro atoms. The highest BCUT2D eigenvalue weighted by atomic mass is 16.2. The molecule has 0 aliphatic carbocycles. The van der Waals surface area contributed by atoms with E-state index in [1.54, 1.807) is 4.90 Å².